The van der Waals surface area contributed by atoms with Crippen LogP contribution in [0.5, 0.6) is 0 Å². The molecule has 1 heterocycles. The molecule has 0 radical (unpaired) electrons. The normalized spacial score (nSPS) is 29.5. The topological polar surface area (TPSA) is 18.5 Å². The van der Waals surface area contributed by atoms with Crippen LogP contribution in [-0.4, -0.2) is 57.6 Å². The lowest BCUT2D eigenvalue weighted by Crippen LogP contribution is -3.00. The monoisotopic (exact) mass is 301 g/mol. The van der Waals surface area contributed by atoms with Crippen LogP contribution in [-0.2, 0) is 9.47 Å². The third kappa shape index (κ3) is 5.15. The van der Waals surface area contributed by atoms with E-state index in [1.807, 2.05) is 0 Å². The molecule has 1 fully saturated rings. The first-order valence-electron chi connectivity index (χ1n) is 4.44. The van der Waals surface area contributed by atoms with E-state index in [2.05, 4.69) is 28.1 Å². The maximum absolute atomic E-state index is 5.70. The molecule has 3 nitrogen and oxygen atoms in total. The second-order valence-electron chi connectivity index (χ2n) is 4.80. The molecule has 1 aliphatic rings. The van der Waals surface area contributed by atoms with Crippen molar-refractivity contribution >= 4 is 0 Å². The van der Waals surface area contributed by atoms with Crippen LogP contribution in [0.1, 0.15) is 6.92 Å². The van der Waals surface area contributed by atoms with Gasteiger partial charge in [-0.25, -0.2) is 0 Å². The SMILES string of the molecule is C[C@@]1(C[N+](C)(C)C)COCCO1.[I-]. The molecule has 13 heavy (non-hydrogen) atoms. The van der Waals surface area contributed by atoms with Gasteiger partial charge in [-0.3, -0.25) is 0 Å². The van der Waals surface area contributed by atoms with Gasteiger partial charge in [0.2, 0.25) is 0 Å². The van der Waals surface area contributed by atoms with E-state index in [0.717, 1.165) is 30.8 Å². The van der Waals surface area contributed by atoms with E-state index in [0.29, 0.717) is 0 Å². The number of likely N-dealkylation sites (N-methyl/N-ethyl adjacent to an activating group) is 1. The van der Waals surface area contributed by atoms with Crippen LogP contribution < -0.4 is 24.0 Å². The van der Waals surface area contributed by atoms with Crippen LogP contribution in [0.15, 0.2) is 0 Å². The van der Waals surface area contributed by atoms with Crippen molar-refractivity contribution in [3.05, 3.63) is 0 Å². The zero-order valence-electron chi connectivity index (χ0n) is 8.97. The van der Waals surface area contributed by atoms with E-state index in [9.17, 15) is 0 Å². The van der Waals surface area contributed by atoms with Crippen LogP contribution >= 0.6 is 0 Å². The van der Waals surface area contributed by atoms with E-state index in [-0.39, 0.29) is 29.6 Å². The summed E-state index contributed by atoms with van der Waals surface area (Å²) in [7, 11) is 6.51. The number of halogens is 1. The molecule has 0 aliphatic carbocycles. The zero-order chi connectivity index (χ0) is 9.24. The fourth-order valence-corrected chi connectivity index (χ4v) is 1.77. The highest BCUT2D eigenvalue weighted by Crippen LogP contribution is 2.17. The van der Waals surface area contributed by atoms with Crippen molar-refractivity contribution in [2.75, 3.05) is 47.5 Å². The molecule has 0 N–H and O–H groups in total. The van der Waals surface area contributed by atoms with Crippen molar-refractivity contribution in [2.45, 2.75) is 12.5 Å². The van der Waals surface area contributed by atoms with Crippen LogP contribution in [0.3, 0.4) is 0 Å². The number of ether oxygens (including phenoxy) is 2. The standard InChI is InChI=1S/C9H20NO2.HI/c1-9(7-10(2,3)4)8-11-5-6-12-9;/h5-8H2,1-4H3;1H/q+1;/p-1/t9-;/m1./s1. The Hall–Kier alpha value is 0.610. The minimum Gasteiger partial charge on any atom is -1.00 e. The van der Waals surface area contributed by atoms with Gasteiger partial charge in [-0.2, -0.15) is 0 Å². The Morgan fingerprint density at radius 3 is 2.23 bits per heavy atom. The first kappa shape index (κ1) is 13.6. The third-order valence-electron chi connectivity index (χ3n) is 1.89. The van der Waals surface area contributed by atoms with Crippen molar-refractivity contribution in [3.8, 4) is 0 Å². The number of hydrogen-bond acceptors (Lipinski definition) is 2. The van der Waals surface area contributed by atoms with Crippen LogP contribution in [0.25, 0.3) is 0 Å². The minimum absolute atomic E-state index is 0. The molecule has 0 saturated carbocycles. The van der Waals surface area contributed by atoms with E-state index in [1.54, 1.807) is 0 Å². The fourth-order valence-electron chi connectivity index (χ4n) is 1.77. The van der Waals surface area contributed by atoms with Gasteiger partial charge in [-0.1, -0.05) is 0 Å². The zero-order valence-corrected chi connectivity index (χ0v) is 11.1. The summed E-state index contributed by atoms with van der Waals surface area (Å²) in [6.07, 6.45) is 0. The maximum Gasteiger partial charge on any atom is 0.137 e. The van der Waals surface area contributed by atoms with Crippen molar-refractivity contribution < 1.29 is 37.9 Å². The molecule has 0 spiro atoms. The van der Waals surface area contributed by atoms with Crippen molar-refractivity contribution in [1.29, 1.82) is 0 Å². The van der Waals surface area contributed by atoms with Crippen LogP contribution in [0.2, 0.25) is 0 Å². The Balaban J connectivity index is 0.00000144. The summed E-state index contributed by atoms with van der Waals surface area (Å²) in [4.78, 5) is 0. The van der Waals surface area contributed by atoms with Gasteiger partial charge in [-0.05, 0) is 6.92 Å². The van der Waals surface area contributed by atoms with Gasteiger partial charge in [0.25, 0.3) is 0 Å². The highest BCUT2D eigenvalue weighted by Gasteiger charge is 2.34. The van der Waals surface area contributed by atoms with Gasteiger partial charge in [0.05, 0.1) is 41.0 Å². The lowest BCUT2D eigenvalue weighted by molar-refractivity contribution is -0.877. The van der Waals surface area contributed by atoms with Crippen LogP contribution in [0, 0.1) is 0 Å². The van der Waals surface area contributed by atoms with Gasteiger partial charge in [0.1, 0.15) is 12.1 Å². The molecule has 1 saturated heterocycles. The van der Waals surface area contributed by atoms with E-state index in [1.165, 1.54) is 0 Å². The molecule has 1 rings (SSSR count). The molecule has 0 aromatic heterocycles. The Labute approximate surface area is 98.0 Å². The largest absolute Gasteiger partial charge is 1.00 e. The Morgan fingerprint density at radius 2 is 1.85 bits per heavy atom. The highest BCUT2D eigenvalue weighted by molar-refractivity contribution is 4.76. The van der Waals surface area contributed by atoms with Crippen LogP contribution in [0.4, 0.5) is 0 Å². The average Bonchev–Trinajstić information content (AvgIpc) is 1.83. The second-order valence-corrected chi connectivity index (χ2v) is 4.80. The summed E-state index contributed by atoms with van der Waals surface area (Å²) >= 11 is 0. The Kier molecular flexibility index (Phi) is 5.14. The lowest BCUT2D eigenvalue weighted by Gasteiger charge is -2.38. The predicted octanol–water partition coefficient (Wildman–Crippen LogP) is -2.50. The quantitative estimate of drug-likeness (QED) is 0.415. The molecule has 4 heteroatoms. The van der Waals surface area contributed by atoms with Gasteiger partial charge in [0.15, 0.2) is 0 Å². The number of nitrogens with zero attached hydrogens (tertiary/aromatic N) is 1. The number of hydrogen-bond donors (Lipinski definition) is 0. The van der Waals surface area contributed by atoms with Gasteiger partial charge in [0, 0.05) is 0 Å². The molecular formula is C9H20INO2. The Morgan fingerprint density at radius 1 is 1.23 bits per heavy atom. The van der Waals surface area contributed by atoms with E-state index < -0.39 is 0 Å². The predicted molar refractivity (Wildman–Crippen MR) is 48.1 cm³/mol. The summed E-state index contributed by atoms with van der Waals surface area (Å²) in [5, 5.41) is 0. The molecule has 0 amide bonds. The van der Waals surface area contributed by atoms with Crippen molar-refractivity contribution in [2.24, 2.45) is 0 Å². The first-order chi connectivity index (χ1) is 5.41. The minimum atomic E-state index is -0.0868. The van der Waals surface area contributed by atoms with Crippen molar-refractivity contribution in [1.82, 2.24) is 0 Å². The highest BCUT2D eigenvalue weighted by atomic mass is 127. The van der Waals surface area contributed by atoms with Gasteiger partial charge in [-0.15, -0.1) is 0 Å². The summed E-state index contributed by atoms with van der Waals surface area (Å²) < 4.78 is 12.0. The molecule has 0 aromatic carbocycles. The molecule has 80 valence electrons. The Bertz CT molecular complexity index is 150. The summed E-state index contributed by atoms with van der Waals surface area (Å²) in [5.74, 6) is 0. The number of rotatable bonds is 2. The van der Waals surface area contributed by atoms with Gasteiger partial charge >= 0.3 is 0 Å². The van der Waals surface area contributed by atoms with Crippen molar-refractivity contribution in [3.63, 3.8) is 0 Å². The lowest BCUT2D eigenvalue weighted by atomic mass is 10.1. The average molecular weight is 301 g/mol. The second kappa shape index (κ2) is 4.91. The molecular weight excluding hydrogens is 281 g/mol. The van der Waals surface area contributed by atoms with E-state index >= 15 is 0 Å². The van der Waals surface area contributed by atoms with E-state index in [4.69, 9.17) is 9.47 Å². The van der Waals surface area contributed by atoms with Gasteiger partial charge < -0.3 is 37.9 Å². The first-order valence-corrected chi connectivity index (χ1v) is 4.44. The summed E-state index contributed by atoms with van der Waals surface area (Å²) in [5.41, 5.74) is -0.0868. The maximum atomic E-state index is 5.70. The third-order valence-corrected chi connectivity index (χ3v) is 1.89. The summed E-state index contributed by atoms with van der Waals surface area (Å²) in [6.45, 7) is 5.31. The fraction of sp³-hybridized carbons (Fsp3) is 1.00. The number of quaternary nitrogens is 1. The molecule has 0 aromatic rings. The summed E-state index contributed by atoms with van der Waals surface area (Å²) in [6, 6.07) is 0. The molecule has 1 atom stereocenters. The molecule has 0 bridgehead atoms. The smallest absolute Gasteiger partial charge is 0.137 e. The molecule has 1 aliphatic heterocycles. The molecule has 0 unspecified atom stereocenters.